The molecule has 1 aromatic carbocycles. The van der Waals surface area contributed by atoms with E-state index in [4.69, 9.17) is 5.73 Å². The molecule has 0 spiro atoms. The molecule has 0 radical (unpaired) electrons. The zero-order valence-electron chi connectivity index (χ0n) is 6.52. The molecule has 0 aliphatic rings. The second kappa shape index (κ2) is 4.12. The van der Waals surface area contributed by atoms with E-state index in [0.29, 0.717) is 0 Å². The summed E-state index contributed by atoms with van der Waals surface area (Å²) in [6, 6.07) is 3.88. The van der Waals surface area contributed by atoms with Crippen molar-refractivity contribution >= 4 is 38.6 Å². The summed E-state index contributed by atoms with van der Waals surface area (Å²) in [5, 5.41) is 0. The van der Waals surface area contributed by atoms with Crippen molar-refractivity contribution in [3.8, 4) is 0 Å². The van der Waals surface area contributed by atoms with E-state index in [1.807, 2.05) is 19.1 Å². The Morgan fingerprint density at radius 1 is 1.18 bits per heavy atom. The smallest absolute Gasteiger partial charge is 0.0347 e. The molecule has 2 N–H and O–H groups in total. The van der Waals surface area contributed by atoms with Gasteiger partial charge in [-0.05, 0) is 37.1 Å². The molecule has 0 saturated heterocycles. The van der Waals surface area contributed by atoms with Gasteiger partial charge in [-0.3, -0.25) is 0 Å². The first kappa shape index (κ1) is 11.0. The van der Waals surface area contributed by atoms with Gasteiger partial charge in [0, 0.05) is 10.2 Å². The first-order valence-corrected chi connectivity index (χ1v) is 3.93. The highest BCUT2D eigenvalue weighted by molar-refractivity contribution is 9.10. The van der Waals surface area contributed by atoms with Crippen LogP contribution in [0.4, 0.5) is 5.69 Å². The van der Waals surface area contributed by atoms with E-state index in [1.165, 1.54) is 5.56 Å². The standard InChI is InChI=1S/C8H10BrN.BrH/c1-5-6(2)8(10)4-3-7(5)9;/h3-4H,10H2,1-2H3;1H. The second-order valence-corrected chi connectivity index (χ2v) is 3.24. The summed E-state index contributed by atoms with van der Waals surface area (Å²) in [5.41, 5.74) is 8.91. The van der Waals surface area contributed by atoms with Gasteiger partial charge in [0.2, 0.25) is 0 Å². The summed E-state index contributed by atoms with van der Waals surface area (Å²) in [7, 11) is 0. The van der Waals surface area contributed by atoms with E-state index in [0.717, 1.165) is 15.7 Å². The van der Waals surface area contributed by atoms with Gasteiger partial charge in [-0.1, -0.05) is 15.9 Å². The van der Waals surface area contributed by atoms with Crippen LogP contribution in [0.2, 0.25) is 0 Å². The Bertz CT molecular complexity index is 232. The van der Waals surface area contributed by atoms with Crippen LogP contribution in [0.5, 0.6) is 0 Å². The van der Waals surface area contributed by atoms with Gasteiger partial charge in [-0.25, -0.2) is 0 Å². The molecule has 0 unspecified atom stereocenters. The lowest BCUT2D eigenvalue weighted by atomic mass is 10.1. The normalized spacial score (nSPS) is 9.00. The third-order valence-corrected chi connectivity index (χ3v) is 2.62. The molecule has 0 aromatic heterocycles. The monoisotopic (exact) mass is 279 g/mol. The fourth-order valence-corrected chi connectivity index (χ4v) is 1.24. The van der Waals surface area contributed by atoms with Crippen LogP contribution in [0.1, 0.15) is 11.1 Å². The summed E-state index contributed by atoms with van der Waals surface area (Å²) in [4.78, 5) is 0. The van der Waals surface area contributed by atoms with Crippen LogP contribution in [0.15, 0.2) is 16.6 Å². The fraction of sp³-hybridized carbons (Fsp3) is 0.250. The van der Waals surface area contributed by atoms with Crippen LogP contribution in [-0.2, 0) is 0 Å². The number of halogens is 2. The lowest BCUT2D eigenvalue weighted by molar-refractivity contribution is 1.32. The summed E-state index contributed by atoms with van der Waals surface area (Å²) < 4.78 is 1.12. The van der Waals surface area contributed by atoms with Crippen LogP contribution in [0.25, 0.3) is 0 Å². The third-order valence-electron chi connectivity index (χ3n) is 1.76. The van der Waals surface area contributed by atoms with Gasteiger partial charge < -0.3 is 5.73 Å². The van der Waals surface area contributed by atoms with Crippen molar-refractivity contribution in [1.82, 2.24) is 0 Å². The number of nitrogens with two attached hydrogens (primary N) is 1. The number of nitrogen functional groups attached to an aromatic ring is 1. The van der Waals surface area contributed by atoms with Crippen molar-refractivity contribution in [2.75, 3.05) is 5.73 Å². The predicted molar refractivity (Wildman–Crippen MR) is 58.4 cm³/mol. The molecule has 1 nitrogen and oxygen atoms in total. The SMILES string of the molecule is Br.Cc1c(N)ccc(Br)c1C. The average Bonchev–Trinajstić information content (AvgIpc) is 1.93. The van der Waals surface area contributed by atoms with Gasteiger partial charge in [0.1, 0.15) is 0 Å². The molecular formula is C8H11Br2N. The molecule has 3 heteroatoms. The molecule has 0 amide bonds. The van der Waals surface area contributed by atoms with Crippen LogP contribution < -0.4 is 5.73 Å². The van der Waals surface area contributed by atoms with Crippen LogP contribution in [0.3, 0.4) is 0 Å². The summed E-state index contributed by atoms with van der Waals surface area (Å²) >= 11 is 3.42. The molecule has 11 heavy (non-hydrogen) atoms. The number of rotatable bonds is 0. The van der Waals surface area contributed by atoms with Gasteiger partial charge in [-0.2, -0.15) is 0 Å². The van der Waals surface area contributed by atoms with Crippen LogP contribution in [0, 0.1) is 13.8 Å². The van der Waals surface area contributed by atoms with Crippen molar-refractivity contribution in [2.24, 2.45) is 0 Å². The number of anilines is 1. The molecule has 0 heterocycles. The van der Waals surface area contributed by atoms with Crippen LogP contribution in [-0.4, -0.2) is 0 Å². The van der Waals surface area contributed by atoms with E-state index < -0.39 is 0 Å². The van der Waals surface area contributed by atoms with Gasteiger partial charge >= 0.3 is 0 Å². The maximum absolute atomic E-state index is 5.67. The molecule has 1 aromatic rings. The Morgan fingerprint density at radius 3 is 2.18 bits per heavy atom. The molecule has 0 aliphatic carbocycles. The van der Waals surface area contributed by atoms with E-state index in [9.17, 15) is 0 Å². The fourth-order valence-electron chi connectivity index (χ4n) is 0.809. The van der Waals surface area contributed by atoms with Crippen molar-refractivity contribution in [3.63, 3.8) is 0 Å². The number of benzene rings is 1. The molecule has 0 fully saturated rings. The predicted octanol–water partition coefficient (Wildman–Crippen LogP) is 3.23. The third kappa shape index (κ3) is 2.20. The van der Waals surface area contributed by atoms with E-state index in [1.54, 1.807) is 0 Å². The Balaban J connectivity index is 0.000001000. The number of hydrogen-bond acceptors (Lipinski definition) is 1. The van der Waals surface area contributed by atoms with Crippen molar-refractivity contribution in [1.29, 1.82) is 0 Å². The maximum Gasteiger partial charge on any atom is 0.0347 e. The minimum absolute atomic E-state index is 0. The zero-order valence-corrected chi connectivity index (χ0v) is 9.82. The Labute approximate surface area is 85.9 Å². The van der Waals surface area contributed by atoms with Gasteiger partial charge in [0.25, 0.3) is 0 Å². The van der Waals surface area contributed by atoms with Crippen molar-refractivity contribution in [2.45, 2.75) is 13.8 Å². The Kier molecular flexibility index (Phi) is 4.11. The molecule has 0 bridgehead atoms. The topological polar surface area (TPSA) is 26.0 Å². The highest BCUT2D eigenvalue weighted by Crippen LogP contribution is 2.23. The molecule has 1 rings (SSSR count). The molecular weight excluding hydrogens is 270 g/mol. The van der Waals surface area contributed by atoms with E-state index in [2.05, 4.69) is 22.9 Å². The minimum atomic E-state index is 0. The maximum atomic E-state index is 5.67. The molecule has 0 aliphatic heterocycles. The molecule has 0 saturated carbocycles. The quantitative estimate of drug-likeness (QED) is 0.726. The summed E-state index contributed by atoms with van der Waals surface area (Å²) in [6.07, 6.45) is 0. The lowest BCUT2D eigenvalue weighted by Crippen LogP contribution is -1.91. The van der Waals surface area contributed by atoms with E-state index in [-0.39, 0.29) is 17.0 Å². The van der Waals surface area contributed by atoms with Gasteiger partial charge in [0.05, 0.1) is 0 Å². The highest BCUT2D eigenvalue weighted by Gasteiger charge is 1.99. The zero-order chi connectivity index (χ0) is 7.72. The van der Waals surface area contributed by atoms with Gasteiger partial charge in [-0.15, -0.1) is 17.0 Å². The summed E-state index contributed by atoms with van der Waals surface area (Å²) in [6.45, 7) is 4.07. The van der Waals surface area contributed by atoms with Crippen molar-refractivity contribution in [3.05, 3.63) is 27.7 Å². The average molecular weight is 281 g/mol. The summed E-state index contributed by atoms with van der Waals surface area (Å²) in [5.74, 6) is 0. The minimum Gasteiger partial charge on any atom is -0.399 e. The highest BCUT2D eigenvalue weighted by atomic mass is 79.9. The Hall–Kier alpha value is -0.0200. The van der Waals surface area contributed by atoms with Crippen molar-refractivity contribution < 1.29 is 0 Å². The number of hydrogen-bond donors (Lipinski definition) is 1. The molecule has 0 atom stereocenters. The van der Waals surface area contributed by atoms with Gasteiger partial charge in [0.15, 0.2) is 0 Å². The Morgan fingerprint density at radius 2 is 1.73 bits per heavy atom. The molecule has 62 valence electrons. The second-order valence-electron chi connectivity index (χ2n) is 2.39. The lowest BCUT2D eigenvalue weighted by Gasteiger charge is -2.04. The largest absolute Gasteiger partial charge is 0.399 e. The van der Waals surface area contributed by atoms with E-state index >= 15 is 0 Å². The first-order chi connectivity index (χ1) is 4.63. The van der Waals surface area contributed by atoms with Crippen LogP contribution >= 0.6 is 32.9 Å². The first-order valence-electron chi connectivity index (χ1n) is 3.14.